The van der Waals surface area contributed by atoms with Gasteiger partial charge < -0.3 is 14.8 Å². The van der Waals surface area contributed by atoms with E-state index >= 15 is 0 Å². The Morgan fingerprint density at radius 1 is 1.32 bits per heavy atom. The van der Waals surface area contributed by atoms with Gasteiger partial charge in [0.15, 0.2) is 0 Å². The Morgan fingerprint density at radius 2 is 2.16 bits per heavy atom. The smallest absolute Gasteiger partial charge is 0.260 e. The number of anilines is 1. The molecule has 0 unspecified atom stereocenters. The van der Waals surface area contributed by atoms with Crippen LogP contribution in [0.1, 0.15) is 5.56 Å². The first kappa shape index (κ1) is 11.5. The van der Waals surface area contributed by atoms with Crippen molar-refractivity contribution < 1.29 is 4.52 Å². The molecule has 0 spiro atoms. The van der Waals surface area contributed by atoms with E-state index in [1.807, 2.05) is 36.7 Å². The number of hydrogen-bond donors (Lipinski definition) is 1. The molecule has 0 fully saturated rings. The van der Waals surface area contributed by atoms with Gasteiger partial charge in [-0.2, -0.15) is 4.98 Å². The first-order valence-electron chi connectivity index (χ1n) is 5.82. The van der Waals surface area contributed by atoms with Crippen LogP contribution in [0.25, 0.3) is 23.0 Å². The van der Waals surface area contributed by atoms with Gasteiger partial charge in [0.1, 0.15) is 5.69 Å². The number of imidazole rings is 1. The van der Waals surface area contributed by atoms with Crippen LogP contribution in [-0.4, -0.2) is 19.7 Å². The summed E-state index contributed by atoms with van der Waals surface area (Å²) in [5, 5.41) is 3.96. The van der Waals surface area contributed by atoms with Crippen molar-refractivity contribution in [3.05, 3.63) is 36.3 Å². The Bertz CT molecular complexity index is 728. The molecule has 0 bridgehead atoms. The number of benzene rings is 1. The van der Waals surface area contributed by atoms with E-state index in [4.69, 9.17) is 10.3 Å². The molecule has 19 heavy (non-hydrogen) atoms. The van der Waals surface area contributed by atoms with Crippen molar-refractivity contribution in [3.63, 3.8) is 0 Å². The molecule has 96 valence electrons. The summed E-state index contributed by atoms with van der Waals surface area (Å²) in [7, 11) is 1.87. The monoisotopic (exact) mass is 255 g/mol. The van der Waals surface area contributed by atoms with Crippen LogP contribution in [0, 0.1) is 6.92 Å². The largest absolute Gasteiger partial charge is 0.398 e. The lowest BCUT2D eigenvalue weighted by Crippen LogP contribution is -1.92. The second-order valence-corrected chi connectivity index (χ2v) is 4.40. The lowest BCUT2D eigenvalue weighted by molar-refractivity contribution is 0.432. The first-order valence-corrected chi connectivity index (χ1v) is 5.82. The van der Waals surface area contributed by atoms with E-state index in [1.165, 1.54) is 0 Å². The zero-order valence-corrected chi connectivity index (χ0v) is 10.7. The summed E-state index contributed by atoms with van der Waals surface area (Å²) in [6, 6.07) is 5.70. The molecule has 0 aliphatic heterocycles. The van der Waals surface area contributed by atoms with Crippen molar-refractivity contribution >= 4 is 5.69 Å². The van der Waals surface area contributed by atoms with Crippen LogP contribution in [0.2, 0.25) is 0 Å². The second-order valence-electron chi connectivity index (χ2n) is 4.40. The fraction of sp³-hybridized carbons (Fsp3) is 0.154. The molecule has 0 radical (unpaired) electrons. The average molecular weight is 255 g/mol. The maximum Gasteiger partial charge on any atom is 0.260 e. The summed E-state index contributed by atoms with van der Waals surface area (Å²) in [6.45, 7) is 1.99. The molecule has 0 saturated heterocycles. The minimum atomic E-state index is 0.414. The van der Waals surface area contributed by atoms with Gasteiger partial charge >= 0.3 is 0 Å². The molecule has 3 rings (SSSR count). The van der Waals surface area contributed by atoms with E-state index in [0.29, 0.717) is 17.4 Å². The number of hydrogen-bond acceptors (Lipinski definition) is 5. The van der Waals surface area contributed by atoms with Crippen molar-refractivity contribution in [1.82, 2.24) is 19.7 Å². The van der Waals surface area contributed by atoms with Crippen LogP contribution in [0.15, 0.2) is 35.2 Å². The Labute approximate surface area is 109 Å². The standard InChI is InChI=1S/C13H13N5O/c1-8-3-4-10(14)9(5-8)13-16-12(17-19-13)11-6-15-7-18(11)2/h3-7H,14H2,1-2H3. The summed E-state index contributed by atoms with van der Waals surface area (Å²) in [4.78, 5) is 8.40. The number of rotatable bonds is 2. The minimum Gasteiger partial charge on any atom is -0.398 e. The SMILES string of the molecule is Cc1ccc(N)c(-c2nc(-c3cncn3C)no2)c1. The fourth-order valence-corrected chi connectivity index (χ4v) is 1.86. The molecule has 2 aromatic heterocycles. The number of nitrogens with two attached hydrogens (primary N) is 1. The van der Waals surface area contributed by atoms with Crippen LogP contribution < -0.4 is 5.73 Å². The molecule has 2 heterocycles. The van der Waals surface area contributed by atoms with Gasteiger partial charge in [-0.1, -0.05) is 16.8 Å². The molecule has 0 aliphatic carbocycles. The highest BCUT2D eigenvalue weighted by molar-refractivity contribution is 5.71. The van der Waals surface area contributed by atoms with Gasteiger partial charge in [-0.15, -0.1) is 0 Å². The maximum atomic E-state index is 5.93. The second kappa shape index (κ2) is 4.24. The normalized spacial score (nSPS) is 10.8. The number of nitrogen functional groups attached to an aromatic ring is 1. The highest BCUT2D eigenvalue weighted by Gasteiger charge is 2.14. The summed E-state index contributed by atoms with van der Waals surface area (Å²) in [5.74, 6) is 0.910. The third-order valence-corrected chi connectivity index (χ3v) is 2.91. The highest BCUT2D eigenvalue weighted by Crippen LogP contribution is 2.27. The molecule has 0 amide bonds. The number of aryl methyl sites for hydroxylation is 2. The topological polar surface area (TPSA) is 82.8 Å². The lowest BCUT2D eigenvalue weighted by atomic mass is 10.1. The molecule has 0 saturated carbocycles. The van der Waals surface area contributed by atoms with Crippen LogP contribution in [-0.2, 0) is 7.05 Å². The third kappa shape index (κ3) is 1.97. The van der Waals surface area contributed by atoms with Crippen molar-refractivity contribution in [1.29, 1.82) is 0 Å². The van der Waals surface area contributed by atoms with Crippen molar-refractivity contribution in [2.24, 2.45) is 7.05 Å². The predicted molar refractivity (Wildman–Crippen MR) is 71.1 cm³/mol. The van der Waals surface area contributed by atoms with E-state index in [1.54, 1.807) is 12.5 Å². The zero-order chi connectivity index (χ0) is 13.4. The Kier molecular flexibility index (Phi) is 2.56. The molecule has 3 aromatic rings. The minimum absolute atomic E-state index is 0.414. The van der Waals surface area contributed by atoms with E-state index < -0.39 is 0 Å². The molecule has 0 aliphatic rings. The van der Waals surface area contributed by atoms with Crippen molar-refractivity contribution in [3.8, 4) is 23.0 Å². The first-order chi connectivity index (χ1) is 9.15. The van der Waals surface area contributed by atoms with E-state index in [2.05, 4.69) is 15.1 Å². The van der Waals surface area contributed by atoms with E-state index in [-0.39, 0.29) is 0 Å². The fourth-order valence-electron chi connectivity index (χ4n) is 1.86. The van der Waals surface area contributed by atoms with Crippen molar-refractivity contribution in [2.75, 3.05) is 5.73 Å². The summed E-state index contributed by atoms with van der Waals surface area (Å²) in [5.41, 5.74) is 9.18. The molecular weight excluding hydrogens is 242 g/mol. The Morgan fingerprint density at radius 3 is 2.89 bits per heavy atom. The Hall–Kier alpha value is -2.63. The molecule has 6 heteroatoms. The summed E-state index contributed by atoms with van der Waals surface area (Å²) >= 11 is 0. The van der Waals surface area contributed by atoms with Crippen molar-refractivity contribution in [2.45, 2.75) is 6.92 Å². The van der Waals surface area contributed by atoms with Gasteiger partial charge in [-0.25, -0.2) is 4.98 Å². The van der Waals surface area contributed by atoms with Crippen LogP contribution in [0.4, 0.5) is 5.69 Å². The predicted octanol–water partition coefficient (Wildman–Crippen LogP) is 2.03. The highest BCUT2D eigenvalue weighted by atomic mass is 16.5. The number of aromatic nitrogens is 4. The maximum absolute atomic E-state index is 5.93. The third-order valence-electron chi connectivity index (χ3n) is 2.91. The average Bonchev–Trinajstić information content (AvgIpc) is 3.00. The molecule has 1 aromatic carbocycles. The van der Waals surface area contributed by atoms with Gasteiger partial charge in [0.25, 0.3) is 5.89 Å². The zero-order valence-electron chi connectivity index (χ0n) is 10.7. The van der Waals surface area contributed by atoms with Gasteiger partial charge in [0.2, 0.25) is 5.82 Å². The van der Waals surface area contributed by atoms with Crippen LogP contribution >= 0.6 is 0 Å². The van der Waals surface area contributed by atoms with Gasteiger partial charge in [-0.05, 0) is 19.1 Å². The summed E-state index contributed by atoms with van der Waals surface area (Å²) in [6.07, 6.45) is 3.38. The van der Waals surface area contributed by atoms with E-state index in [0.717, 1.165) is 16.8 Å². The van der Waals surface area contributed by atoms with Crippen LogP contribution in [0.3, 0.4) is 0 Å². The van der Waals surface area contributed by atoms with Gasteiger partial charge in [-0.3, -0.25) is 0 Å². The van der Waals surface area contributed by atoms with Gasteiger partial charge in [0, 0.05) is 12.7 Å². The molecule has 2 N–H and O–H groups in total. The molecule has 0 atom stereocenters. The van der Waals surface area contributed by atoms with E-state index in [9.17, 15) is 0 Å². The summed E-state index contributed by atoms with van der Waals surface area (Å²) < 4.78 is 7.11. The van der Waals surface area contributed by atoms with Gasteiger partial charge in [0.05, 0.1) is 18.1 Å². The number of nitrogens with zero attached hydrogens (tertiary/aromatic N) is 4. The molecular formula is C13H13N5O. The molecule has 6 nitrogen and oxygen atoms in total. The quantitative estimate of drug-likeness (QED) is 0.708. The Balaban J connectivity index is 2.06. The van der Waals surface area contributed by atoms with Crippen LogP contribution in [0.5, 0.6) is 0 Å². The lowest BCUT2D eigenvalue weighted by Gasteiger charge is -2.01.